The minimum absolute atomic E-state index is 0.0363. The number of benzene rings is 2. The SMILES string of the molecule is CCOP(=O)(C/C=C/C(=O)Nc1cc2c(Nc3ccc(F)c(Cl)c3)ncnc2cc1O[C@H]1CCOC1)OCC. The van der Waals surface area contributed by atoms with Crippen LogP contribution in [0.2, 0.25) is 5.02 Å². The third-order valence-electron chi connectivity index (χ3n) is 5.61. The van der Waals surface area contributed by atoms with E-state index in [2.05, 4.69) is 20.6 Å². The summed E-state index contributed by atoms with van der Waals surface area (Å²) in [6.45, 7) is 4.90. The predicted octanol–water partition coefficient (Wildman–Crippen LogP) is 6.09. The number of ether oxygens (including phenoxy) is 2. The number of amides is 1. The van der Waals surface area contributed by atoms with Gasteiger partial charge in [-0.3, -0.25) is 9.36 Å². The van der Waals surface area contributed by atoms with Crippen LogP contribution in [0.1, 0.15) is 20.3 Å². The average molecular weight is 579 g/mol. The Labute approximate surface area is 230 Å². The Kier molecular flexibility index (Phi) is 9.88. The van der Waals surface area contributed by atoms with Gasteiger partial charge in [0.1, 0.15) is 29.8 Å². The molecule has 0 spiro atoms. The van der Waals surface area contributed by atoms with E-state index in [0.29, 0.717) is 53.5 Å². The van der Waals surface area contributed by atoms with Crippen LogP contribution in [0, 0.1) is 5.82 Å². The molecule has 0 bridgehead atoms. The number of anilines is 3. The van der Waals surface area contributed by atoms with E-state index < -0.39 is 19.3 Å². The molecule has 1 atom stereocenters. The normalized spacial score (nSPS) is 15.6. The van der Waals surface area contributed by atoms with E-state index >= 15 is 0 Å². The average Bonchev–Trinajstić information content (AvgIpc) is 3.40. The smallest absolute Gasteiger partial charge is 0.334 e. The van der Waals surface area contributed by atoms with Crippen molar-refractivity contribution in [1.82, 2.24) is 9.97 Å². The molecule has 0 unspecified atom stereocenters. The van der Waals surface area contributed by atoms with E-state index in [1.165, 1.54) is 36.7 Å². The van der Waals surface area contributed by atoms with Crippen molar-refractivity contribution in [1.29, 1.82) is 0 Å². The van der Waals surface area contributed by atoms with Gasteiger partial charge in [-0.2, -0.15) is 0 Å². The molecule has 4 rings (SSSR count). The maximum atomic E-state index is 13.6. The molecule has 0 aliphatic carbocycles. The molecule has 1 aromatic heterocycles. The Morgan fingerprint density at radius 3 is 2.72 bits per heavy atom. The Morgan fingerprint density at radius 2 is 2.03 bits per heavy atom. The van der Waals surface area contributed by atoms with Crippen LogP contribution >= 0.6 is 19.2 Å². The molecular formula is C26H29ClFN4O6P. The Hall–Kier alpha value is -3.08. The first kappa shape index (κ1) is 28.9. The number of hydrogen-bond acceptors (Lipinski definition) is 9. The summed E-state index contributed by atoms with van der Waals surface area (Å²) in [6.07, 6.45) is 4.56. The highest BCUT2D eigenvalue weighted by atomic mass is 35.5. The maximum Gasteiger partial charge on any atom is 0.334 e. The number of rotatable bonds is 12. The highest BCUT2D eigenvalue weighted by Crippen LogP contribution is 2.47. The number of allylic oxidation sites excluding steroid dienone is 1. The first-order valence-corrected chi connectivity index (χ1v) is 14.5. The van der Waals surface area contributed by atoms with Gasteiger partial charge in [0, 0.05) is 23.6 Å². The molecule has 10 nitrogen and oxygen atoms in total. The standard InChI is InChI=1S/C26H29ClFN4O6P/c1-3-36-39(34,37-4-2)11-5-6-25(33)32-23-13-19-22(14-24(23)38-18-9-10-35-15-18)29-16-30-26(19)31-17-7-8-21(28)20(27)12-17/h5-8,12-14,16,18H,3-4,9-11,15H2,1-2H3,(H,32,33)(H,29,30,31)/b6-5+/t18-/m0/s1. The zero-order valence-corrected chi connectivity index (χ0v) is 23.1. The lowest BCUT2D eigenvalue weighted by atomic mass is 10.1. The fourth-order valence-electron chi connectivity index (χ4n) is 3.87. The number of fused-ring (bicyclic) bond motifs is 1. The third kappa shape index (κ3) is 7.74. The number of carbonyl (C=O) groups is 1. The highest BCUT2D eigenvalue weighted by molar-refractivity contribution is 7.54. The van der Waals surface area contributed by atoms with Crippen LogP contribution in [0.5, 0.6) is 5.75 Å². The minimum Gasteiger partial charge on any atom is -0.486 e. The molecule has 1 fully saturated rings. The van der Waals surface area contributed by atoms with E-state index in [-0.39, 0.29) is 30.5 Å². The van der Waals surface area contributed by atoms with Gasteiger partial charge in [-0.25, -0.2) is 14.4 Å². The Morgan fingerprint density at radius 1 is 1.23 bits per heavy atom. The van der Waals surface area contributed by atoms with E-state index in [0.717, 1.165) is 0 Å². The molecule has 0 saturated carbocycles. The first-order valence-electron chi connectivity index (χ1n) is 12.4. The van der Waals surface area contributed by atoms with Gasteiger partial charge in [0.2, 0.25) is 5.91 Å². The van der Waals surface area contributed by atoms with E-state index in [1.54, 1.807) is 26.0 Å². The lowest BCUT2D eigenvalue weighted by Gasteiger charge is -2.18. The summed E-state index contributed by atoms with van der Waals surface area (Å²) >= 11 is 5.93. The second kappa shape index (κ2) is 13.3. The summed E-state index contributed by atoms with van der Waals surface area (Å²) in [5.74, 6) is -0.190. The van der Waals surface area contributed by atoms with Crippen molar-refractivity contribution in [2.45, 2.75) is 26.4 Å². The number of nitrogens with zero attached hydrogens (tertiary/aromatic N) is 2. The van der Waals surface area contributed by atoms with Crippen LogP contribution in [-0.4, -0.2) is 54.6 Å². The van der Waals surface area contributed by atoms with Crippen LogP contribution < -0.4 is 15.4 Å². The van der Waals surface area contributed by atoms with Crippen molar-refractivity contribution in [3.05, 3.63) is 59.7 Å². The molecule has 1 aliphatic rings. The summed E-state index contributed by atoms with van der Waals surface area (Å²) in [6, 6.07) is 7.61. The molecule has 0 radical (unpaired) electrons. The van der Waals surface area contributed by atoms with Crippen LogP contribution in [0.15, 0.2) is 48.8 Å². The molecule has 2 heterocycles. The first-order chi connectivity index (χ1) is 18.8. The summed E-state index contributed by atoms with van der Waals surface area (Å²) < 4.78 is 48.4. The van der Waals surface area contributed by atoms with Crippen molar-refractivity contribution >= 4 is 53.2 Å². The van der Waals surface area contributed by atoms with Crippen LogP contribution in [0.3, 0.4) is 0 Å². The number of carbonyl (C=O) groups excluding carboxylic acids is 1. The summed E-state index contributed by atoms with van der Waals surface area (Å²) in [5, 5.41) is 6.47. The maximum absolute atomic E-state index is 13.6. The van der Waals surface area contributed by atoms with Gasteiger partial charge in [-0.1, -0.05) is 17.7 Å². The molecule has 1 aliphatic heterocycles. The topological polar surface area (TPSA) is 121 Å². The van der Waals surface area contributed by atoms with Gasteiger partial charge in [-0.05, 0) is 44.2 Å². The zero-order chi connectivity index (χ0) is 27.8. The van der Waals surface area contributed by atoms with Gasteiger partial charge in [0.25, 0.3) is 0 Å². The fraction of sp³-hybridized carbons (Fsp3) is 0.346. The quantitative estimate of drug-likeness (QED) is 0.194. The second-order valence-corrected chi connectivity index (χ2v) is 11.0. The van der Waals surface area contributed by atoms with Crippen molar-refractivity contribution in [3.8, 4) is 5.75 Å². The molecule has 1 saturated heterocycles. The van der Waals surface area contributed by atoms with Crippen LogP contribution in [0.25, 0.3) is 10.9 Å². The Balaban J connectivity index is 1.62. The molecule has 208 valence electrons. The third-order valence-corrected chi connectivity index (χ3v) is 7.86. The fourth-order valence-corrected chi connectivity index (χ4v) is 5.49. The number of hydrogen-bond donors (Lipinski definition) is 2. The molecule has 39 heavy (non-hydrogen) atoms. The second-order valence-electron chi connectivity index (χ2n) is 8.47. The van der Waals surface area contributed by atoms with Crippen LogP contribution in [-0.2, 0) is 23.1 Å². The van der Waals surface area contributed by atoms with Gasteiger partial charge >= 0.3 is 7.60 Å². The van der Waals surface area contributed by atoms with Gasteiger partial charge in [0.15, 0.2) is 0 Å². The van der Waals surface area contributed by atoms with E-state index in [9.17, 15) is 13.8 Å². The zero-order valence-electron chi connectivity index (χ0n) is 21.5. The predicted molar refractivity (Wildman–Crippen MR) is 148 cm³/mol. The van der Waals surface area contributed by atoms with Gasteiger partial charge < -0.3 is 29.2 Å². The van der Waals surface area contributed by atoms with Gasteiger partial charge in [-0.15, -0.1) is 0 Å². The molecule has 3 aromatic rings. The summed E-state index contributed by atoms with van der Waals surface area (Å²) in [7, 11) is -3.33. The monoisotopic (exact) mass is 578 g/mol. The lowest BCUT2D eigenvalue weighted by molar-refractivity contribution is -0.111. The van der Waals surface area contributed by atoms with E-state index in [1.807, 2.05) is 0 Å². The molecular weight excluding hydrogens is 550 g/mol. The number of nitrogens with one attached hydrogen (secondary N) is 2. The van der Waals surface area contributed by atoms with Gasteiger partial charge in [0.05, 0.1) is 48.8 Å². The molecule has 13 heteroatoms. The highest BCUT2D eigenvalue weighted by Gasteiger charge is 2.22. The van der Waals surface area contributed by atoms with Crippen LogP contribution in [0.4, 0.5) is 21.6 Å². The van der Waals surface area contributed by atoms with Crippen molar-refractivity contribution in [2.24, 2.45) is 0 Å². The van der Waals surface area contributed by atoms with Crippen molar-refractivity contribution in [2.75, 3.05) is 43.2 Å². The summed E-state index contributed by atoms with van der Waals surface area (Å²) in [5.41, 5.74) is 1.45. The molecule has 2 N–H and O–H groups in total. The van der Waals surface area contributed by atoms with E-state index in [4.69, 9.17) is 30.1 Å². The minimum atomic E-state index is -3.33. The molecule has 2 aromatic carbocycles. The Bertz CT molecular complexity index is 1390. The molecule has 1 amide bonds. The summed E-state index contributed by atoms with van der Waals surface area (Å²) in [4.78, 5) is 21.5. The van der Waals surface area contributed by atoms with Crippen molar-refractivity contribution in [3.63, 3.8) is 0 Å². The largest absolute Gasteiger partial charge is 0.486 e. The number of aromatic nitrogens is 2. The van der Waals surface area contributed by atoms with Crippen molar-refractivity contribution < 1.29 is 32.3 Å². The lowest BCUT2D eigenvalue weighted by Crippen LogP contribution is -2.18. The number of halogens is 2.